The van der Waals surface area contributed by atoms with E-state index in [9.17, 15) is 0 Å². The van der Waals surface area contributed by atoms with Crippen molar-refractivity contribution >= 4 is 39.1 Å². The summed E-state index contributed by atoms with van der Waals surface area (Å²) in [6.07, 6.45) is 0. The molecule has 296 valence electrons. The van der Waals surface area contributed by atoms with Gasteiger partial charge in [-0.1, -0.05) is 176 Å². The Morgan fingerprint density at radius 2 is 0.476 bits per heavy atom. The van der Waals surface area contributed by atoms with Crippen LogP contribution >= 0.6 is 0 Å². The van der Waals surface area contributed by atoms with Gasteiger partial charge in [0.2, 0.25) is 0 Å². The number of anilines is 3. The standard InChI is InChI=1S/C58H39N5/c1-4-16-40(17-5-1)42-30-34-44(35-31-42)55-57(61-53-28-12-10-26-51(53)59-55)46-20-14-24-49(38-46)63(48-22-8-3-9-23-48)50-25-15-21-47(39-50)58-56(60-52-27-11-13-29-54(52)62-58)45-36-32-43(33-37-45)41-18-6-2-7-19-41/h1-39H. The average molecular weight is 806 g/mol. The molecule has 63 heavy (non-hydrogen) atoms. The Balaban J connectivity index is 1.03. The van der Waals surface area contributed by atoms with Crippen LogP contribution in [-0.2, 0) is 0 Å². The zero-order valence-corrected chi connectivity index (χ0v) is 34.3. The van der Waals surface area contributed by atoms with E-state index < -0.39 is 0 Å². The minimum atomic E-state index is 0.819. The van der Waals surface area contributed by atoms with Crippen LogP contribution in [0.15, 0.2) is 237 Å². The van der Waals surface area contributed by atoms with Crippen LogP contribution in [0.1, 0.15) is 0 Å². The molecule has 0 atom stereocenters. The van der Waals surface area contributed by atoms with Crippen molar-refractivity contribution in [3.63, 3.8) is 0 Å². The quantitative estimate of drug-likeness (QED) is 0.145. The van der Waals surface area contributed by atoms with E-state index in [2.05, 4.69) is 181 Å². The minimum absolute atomic E-state index is 0.819. The van der Waals surface area contributed by atoms with Crippen molar-refractivity contribution < 1.29 is 0 Å². The fraction of sp³-hybridized carbons (Fsp3) is 0. The van der Waals surface area contributed by atoms with Crippen molar-refractivity contribution in [2.75, 3.05) is 4.90 Å². The van der Waals surface area contributed by atoms with Gasteiger partial charge in [-0.15, -0.1) is 0 Å². The van der Waals surface area contributed by atoms with Crippen LogP contribution in [0, 0.1) is 0 Å². The molecule has 0 fully saturated rings. The van der Waals surface area contributed by atoms with Gasteiger partial charge in [0.25, 0.3) is 0 Å². The minimum Gasteiger partial charge on any atom is -0.310 e. The van der Waals surface area contributed by atoms with E-state index in [1.807, 2.05) is 60.7 Å². The summed E-state index contributed by atoms with van der Waals surface area (Å²) in [5, 5.41) is 0. The Morgan fingerprint density at radius 3 is 0.857 bits per heavy atom. The van der Waals surface area contributed by atoms with Gasteiger partial charge in [-0.25, -0.2) is 19.9 Å². The highest BCUT2D eigenvalue weighted by atomic mass is 15.1. The van der Waals surface area contributed by atoms with Crippen molar-refractivity contribution in [1.82, 2.24) is 19.9 Å². The predicted octanol–water partition coefficient (Wildman–Crippen LogP) is 15.0. The first-order valence-corrected chi connectivity index (χ1v) is 21.1. The van der Waals surface area contributed by atoms with Crippen molar-refractivity contribution in [2.24, 2.45) is 0 Å². The second-order valence-electron chi connectivity index (χ2n) is 15.5. The summed E-state index contributed by atoms with van der Waals surface area (Å²) in [6.45, 7) is 0. The fourth-order valence-corrected chi connectivity index (χ4v) is 8.32. The van der Waals surface area contributed by atoms with Gasteiger partial charge in [0, 0.05) is 39.3 Å². The van der Waals surface area contributed by atoms with E-state index in [1.54, 1.807) is 0 Å². The van der Waals surface area contributed by atoms with Gasteiger partial charge in [0.1, 0.15) is 0 Å². The topological polar surface area (TPSA) is 54.8 Å². The third-order valence-electron chi connectivity index (χ3n) is 11.4. The molecule has 0 aliphatic rings. The maximum absolute atomic E-state index is 5.29. The predicted molar refractivity (Wildman–Crippen MR) is 260 cm³/mol. The largest absolute Gasteiger partial charge is 0.310 e. The Bertz CT molecular complexity index is 3160. The Kier molecular flexibility index (Phi) is 9.80. The first kappa shape index (κ1) is 37.5. The number of rotatable bonds is 9. The number of hydrogen-bond acceptors (Lipinski definition) is 5. The van der Waals surface area contributed by atoms with Crippen LogP contribution < -0.4 is 4.90 Å². The summed E-state index contributed by atoms with van der Waals surface area (Å²) >= 11 is 0. The summed E-state index contributed by atoms with van der Waals surface area (Å²) in [7, 11) is 0. The summed E-state index contributed by atoms with van der Waals surface area (Å²) in [5.41, 5.74) is 18.3. The highest BCUT2D eigenvalue weighted by molar-refractivity contribution is 5.91. The van der Waals surface area contributed by atoms with Crippen molar-refractivity contribution in [3.05, 3.63) is 237 Å². The zero-order valence-electron chi connectivity index (χ0n) is 34.3. The second-order valence-corrected chi connectivity index (χ2v) is 15.5. The van der Waals surface area contributed by atoms with Gasteiger partial charge < -0.3 is 4.90 Å². The van der Waals surface area contributed by atoms with E-state index in [0.717, 1.165) is 95.3 Å². The summed E-state index contributed by atoms with van der Waals surface area (Å²) in [6, 6.07) is 82.0. The molecule has 11 rings (SSSR count). The van der Waals surface area contributed by atoms with E-state index in [0.29, 0.717) is 0 Å². The van der Waals surface area contributed by atoms with Crippen LogP contribution in [0.2, 0.25) is 0 Å². The van der Waals surface area contributed by atoms with E-state index in [4.69, 9.17) is 19.9 Å². The SMILES string of the molecule is c1ccc(-c2ccc(-c3nc4ccccc4nc3-c3cccc(N(c4ccccc4)c4cccc(-c5nc6ccccc6nc5-c5ccc(-c6ccccc6)cc5)c4)c3)cc2)cc1. The molecule has 0 spiro atoms. The first-order valence-electron chi connectivity index (χ1n) is 21.1. The maximum Gasteiger partial charge on any atom is 0.0973 e. The molecule has 0 aliphatic carbocycles. The number of para-hydroxylation sites is 5. The number of nitrogens with zero attached hydrogens (tertiary/aromatic N) is 5. The molecule has 2 aromatic heterocycles. The average Bonchev–Trinajstić information content (AvgIpc) is 3.37. The third-order valence-corrected chi connectivity index (χ3v) is 11.4. The Labute approximate surface area is 366 Å². The molecule has 0 N–H and O–H groups in total. The lowest BCUT2D eigenvalue weighted by molar-refractivity contribution is 1.26. The van der Waals surface area contributed by atoms with Crippen LogP contribution in [0.25, 0.3) is 89.4 Å². The zero-order chi connectivity index (χ0) is 42.0. The van der Waals surface area contributed by atoms with Gasteiger partial charge in [0.15, 0.2) is 0 Å². The molecule has 5 nitrogen and oxygen atoms in total. The van der Waals surface area contributed by atoms with Crippen LogP contribution in [0.4, 0.5) is 17.1 Å². The third kappa shape index (κ3) is 7.49. The van der Waals surface area contributed by atoms with Crippen molar-refractivity contribution in [1.29, 1.82) is 0 Å². The molecule has 0 saturated heterocycles. The van der Waals surface area contributed by atoms with Crippen LogP contribution in [0.3, 0.4) is 0 Å². The second kappa shape index (κ2) is 16.5. The van der Waals surface area contributed by atoms with Gasteiger partial charge in [0.05, 0.1) is 44.8 Å². The lowest BCUT2D eigenvalue weighted by Gasteiger charge is -2.26. The van der Waals surface area contributed by atoms with Crippen molar-refractivity contribution in [2.45, 2.75) is 0 Å². The summed E-state index contributed by atoms with van der Waals surface area (Å²) < 4.78 is 0. The van der Waals surface area contributed by atoms with Gasteiger partial charge in [-0.3, -0.25) is 0 Å². The van der Waals surface area contributed by atoms with Crippen molar-refractivity contribution in [3.8, 4) is 67.3 Å². The normalized spacial score (nSPS) is 11.2. The summed E-state index contributed by atoms with van der Waals surface area (Å²) in [5.74, 6) is 0. The van der Waals surface area contributed by atoms with E-state index in [1.165, 1.54) is 11.1 Å². The molecule has 0 amide bonds. The molecule has 0 unspecified atom stereocenters. The monoisotopic (exact) mass is 805 g/mol. The van der Waals surface area contributed by atoms with E-state index in [-0.39, 0.29) is 0 Å². The number of benzene rings is 9. The molecular formula is C58H39N5. The number of aromatic nitrogens is 4. The molecular weight excluding hydrogens is 767 g/mol. The Morgan fingerprint density at radius 1 is 0.206 bits per heavy atom. The molecule has 9 aromatic carbocycles. The van der Waals surface area contributed by atoms with Crippen LogP contribution in [0.5, 0.6) is 0 Å². The Hall–Kier alpha value is -8.54. The fourth-order valence-electron chi connectivity index (χ4n) is 8.32. The highest BCUT2D eigenvalue weighted by Gasteiger charge is 2.20. The lowest BCUT2D eigenvalue weighted by atomic mass is 9.99. The number of fused-ring (bicyclic) bond motifs is 2. The molecule has 2 heterocycles. The molecule has 0 radical (unpaired) electrons. The summed E-state index contributed by atoms with van der Waals surface area (Å²) in [4.78, 5) is 23.4. The molecule has 5 heteroatoms. The molecule has 0 bridgehead atoms. The lowest BCUT2D eigenvalue weighted by Crippen LogP contribution is -2.10. The maximum atomic E-state index is 5.29. The molecule has 0 aliphatic heterocycles. The van der Waals surface area contributed by atoms with E-state index >= 15 is 0 Å². The van der Waals surface area contributed by atoms with Gasteiger partial charge in [-0.2, -0.15) is 0 Å². The molecule has 0 saturated carbocycles. The molecule has 11 aromatic rings. The highest BCUT2D eigenvalue weighted by Crippen LogP contribution is 2.41. The van der Waals surface area contributed by atoms with Gasteiger partial charge >= 0.3 is 0 Å². The van der Waals surface area contributed by atoms with Crippen LogP contribution in [-0.4, -0.2) is 19.9 Å². The number of hydrogen-bond donors (Lipinski definition) is 0. The first-order chi connectivity index (χ1) is 31.2. The smallest absolute Gasteiger partial charge is 0.0973 e. The van der Waals surface area contributed by atoms with Gasteiger partial charge in [-0.05, 0) is 82.9 Å².